The van der Waals surface area contributed by atoms with Crippen LogP contribution in [0.25, 0.3) is 6.08 Å². The van der Waals surface area contributed by atoms with Crippen LogP contribution in [0, 0.1) is 11.3 Å². The summed E-state index contributed by atoms with van der Waals surface area (Å²) in [6.45, 7) is 2.93. The number of nitriles is 1. The molecule has 1 N–H and O–H groups in total. The van der Waals surface area contributed by atoms with E-state index in [1.807, 2.05) is 31.2 Å². The van der Waals surface area contributed by atoms with Crippen LogP contribution in [0.3, 0.4) is 0 Å². The fourth-order valence-electron chi connectivity index (χ4n) is 3.45. The Bertz CT molecular complexity index is 979. The number of ether oxygens (including phenoxy) is 1. The van der Waals surface area contributed by atoms with Gasteiger partial charge in [0, 0.05) is 24.5 Å². The number of amides is 1. The lowest BCUT2D eigenvalue weighted by atomic mass is 9.92. The summed E-state index contributed by atoms with van der Waals surface area (Å²) in [5, 5.41) is 20.6. The molecule has 0 radical (unpaired) electrons. The Hall–Kier alpha value is -3.18. The molecule has 156 valence electrons. The van der Waals surface area contributed by atoms with Gasteiger partial charge in [-0.1, -0.05) is 6.07 Å². The van der Waals surface area contributed by atoms with E-state index in [2.05, 4.69) is 4.98 Å². The van der Waals surface area contributed by atoms with Crippen molar-refractivity contribution < 1.29 is 19.4 Å². The van der Waals surface area contributed by atoms with Crippen LogP contribution < -0.4 is 4.74 Å². The van der Waals surface area contributed by atoms with Crippen LogP contribution >= 0.6 is 11.3 Å². The fraction of sp³-hybridized carbons (Fsp3) is 0.364. The van der Waals surface area contributed by atoms with Gasteiger partial charge in [-0.15, -0.1) is 11.3 Å². The second-order valence-electron chi connectivity index (χ2n) is 7.02. The second-order valence-corrected chi connectivity index (χ2v) is 7.95. The van der Waals surface area contributed by atoms with Crippen molar-refractivity contribution in [1.82, 2.24) is 9.88 Å². The first-order valence-electron chi connectivity index (χ1n) is 9.79. The molecule has 0 bridgehead atoms. The number of rotatable bonds is 8. The molecule has 1 unspecified atom stereocenters. The summed E-state index contributed by atoms with van der Waals surface area (Å²) < 4.78 is 5.77. The van der Waals surface area contributed by atoms with Gasteiger partial charge in [-0.3, -0.25) is 9.59 Å². The third-order valence-electron chi connectivity index (χ3n) is 5.04. The number of carboxylic acid groups (broad SMARTS) is 1. The molecule has 2 heterocycles. The van der Waals surface area contributed by atoms with Crippen LogP contribution in [0.5, 0.6) is 5.75 Å². The molecule has 0 aliphatic carbocycles. The van der Waals surface area contributed by atoms with Crippen molar-refractivity contribution in [2.45, 2.75) is 38.6 Å². The molecule has 0 fully saturated rings. The molecule has 7 nitrogen and oxygen atoms in total. The molecule has 3 rings (SSSR count). The number of carboxylic acids is 1. The van der Waals surface area contributed by atoms with Gasteiger partial charge in [-0.05, 0) is 55.5 Å². The number of aliphatic carboxylic acids is 1. The number of hydrogen-bond acceptors (Lipinski definition) is 6. The number of thiazole rings is 1. The van der Waals surface area contributed by atoms with E-state index in [1.165, 1.54) is 17.4 Å². The second kappa shape index (κ2) is 10.0. The third-order valence-corrected chi connectivity index (χ3v) is 5.76. The zero-order chi connectivity index (χ0) is 21.5. The zero-order valence-corrected chi connectivity index (χ0v) is 17.5. The Balaban J connectivity index is 1.69. The summed E-state index contributed by atoms with van der Waals surface area (Å²) in [7, 11) is 0. The highest BCUT2D eigenvalue weighted by Crippen LogP contribution is 2.33. The molecule has 1 atom stereocenters. The van der Waals surface area contributed by atoms with Crippen LogP contribution in [-0.4, -0.2) is 40.0 Å². The van der Waals surface area contributed by atoms with E-state index in [9.17, 15) is 14.9 Å². The summed E-state index contributed by atoms with van der Waals surface area (Å²) >= 11 is 1.38. The molecule has 0 saturated carbocycles. The predicted molar refractivity (Wildman–Crippen MR) is 113 cm³/mol. The lowest BCUT2D eigenvalue weighted by Gasteiger charge is -2.35. The first-order chi connectivity index (χ1) is 14.5. The van der Waals surface area contributed by atoms with E-state index in [4.69, 9.17) is 9.84 Å². The van der Waals surface area contributed by atoms with Crippen molar-refractivity contribution in [1.29, 1.82) is 5.26 Å². The van der Waals surface area contributed by atoms with Gasteiger partial charge >= 0.3 is 5.97 Å². The van der Waals surface area contributed by atoms with Crippen molar-refractivity contribution in [2.75, 3.05) is 13.2 Å². The van der Waals surface area contributed by atoms with Crippen LogP contribution in [0.15, 0.2) is 35.3 Å². The van der Waals surface area contributed by atoms with Crippen molar-refractivity contribution in [2.24, 2.45) is 0 Å². The SMILES string of the molecule is CC1c2cc(OCCCCC(=O)O)ccc2CCN1C(=O)/C(C#N)=C\c1nccs1. The van der Waals surface area contributed by atoms with Gasteiger partial charge in [0.15, 0.2) is 0 Å². The topological polar surface area (TPSA) is 104 Å². The summed E-state index contributed by atoms with van der Waals surface area (Å²) in [6.07, 6.45) is 5.25. The average Bonchev–Trinajstić information content (AvgIpc) is 3.25. The van der Waals surface area contributed by atoms with Crippen molar-refractivity contribution in [3.8, 4) is 11.8 Å². The lowest BCUT2D eigenvalue weighted by molar-refractivity contribution is -0.137. The predicted octanol–water partition coefficient (Wildman–Crippen LogP) is 3.83. The highest BCUT2D eigenvalue weighted by atomic mass is 32.1. The molecule has 0 spiro atoms. The van der Waals surface area contributed by atoms with Gasteiger partial charge in [0.2, 0.25) is 0 Å². The molecule has 1 amide bonds. The number of aromatic nitrogens is 1. The maximum absolute atomic E-state index is 13.0. The van der Waals surface area contributed by atoms with Gasteiger partial charge in [0.05, 0.1) is 12.6 Å². The van der Waals surface area contributed by atoms with Gasteiger partial charge in [-0.25, -0.2) is 4.98 Å². The summed E-state index contributed by atoms with van der Waals surface area (Å²) in [4.78, 5) is 29.4. The van der Waals surface area contributed by atoms with E-state index in [0.717, 1.165) is 11.1 Å². The number of carbonyl (C=O) groups excluding carboxylic acids is 1. The molecule has 1 aromatic heterocycles. The smallest absolute Gasteiger partial charge is 0.303 e. The maximum atomic E-state index is 13.0. The fourth-order valence-corrected chi connectivity index (χ4v) is 4.02. The van der Waals surface area contributed by atoms with Crippen molar-refractivity contribution >= 4 is 29.3 Å². The summed E-state index contributed by atoms with van der Waals surface area (Å²) in [5.41, 5.74) is 2.24. The Morgan fingerprint density at radius 2 is 2.27 bits per heavy atom. The van der Waals surface area contributed by atoms with Crippen LogP contribution in [-0.2, 0) is 16.0 Å². The first-order valence-corrected chi connectivity index (χ1v) is 10.7. The first kappa shape index (κ1) is 21.5. The van der Waals surface area contributed by atoms with Crippen molar-refractivity contribution in [3.05, 3.63) is 51.5 Å². The minimum atomic E-state index is -0.803. The number of nitrogens with zero attached hydrogens (tertiary/aromatic N) is 3. The van der Waals surface area contributed by atoms with E-state index in [0.29, 0.717) is 43.2 Å². The third kappa shape index (κ3) is 5.24. The highest BCUT2D eigenvalue weighted by molar-refractivity contribution is 7.10. The monoisotopic (exact) mass is 425 g/mol. The Kier molecular flexibility index (Phi) is 7.20. The van der Waals surface area contributed by atoms with Gasteiger partial charge in [-0.2, -0.15) is 5.26 Å². The van der Waals surface area contributed by atoms with Crippen molar-refractivity contribution in [3.63, 3.8) is 0 Å². The van der Waals surface area contributed by atoms with E-state index in [-0.39, 0.29) is 23.9 Å². The maximum Gasteiger partial charge on any atom is 0.303 e. The average molecular weight is 426 g/mol. The van der Waals surface area contributed by atoms with Crippen LogP contribution in [0.1, 0.15) is 48.4 Å². The standard InChI is InChI=1S/C22H23N3O4S/c1-15-19-13-18(29-10-3-2-4-21(26)27)6-5-16(19)7-9-25(15)22(28)17(14-23)12-20-24-8-11-30-20/h5-6,8,11-13,15H,2-4,7,9-10H2,1H3,(H,26,27)/b17-12-. The molecule has 1 aliphatic rings. The number of unbranched alkanes of at least 4 members (excludes halogenated alkanes) is 1. The normalized spacial score (nSPS) is 15.9. The largest absolute Gasteiger partial charge is 0.494 e. The number of hydrogen-bond donors (Lipinski definition) is 1. The van der Waals surface area contributed by atoms with E-state index < -0.39 is 5.97 Å². The van der Waals surface area contributed by atoms with E-state index in [1.54, 1.807) is 16.5 Å². The Morgan fingerprint density at radius 1 is 1.43 bits per heavy atom. The molecular formula is C22H23N3O4S. The van der Waals surface area contributed by atoms with Gasteiger partial charge in [0.1, 0.15) is 22.4 Å². The van der Waals surface area contributed by atoms with Crippen LogP contribution in [0.4, 0.5) is 0 Å². The summed E-state index contributed by atoms with van der Waals surface area (Å²) in [5.74, 6) is -0.405. The number of fused-ring (bicyclic) bond motifs is 1. The molecule has 1 aliphatic heterocycles. The Morgan fingerprint density at radius 3 is 2.97 bits per heavy atom. The molecular weight excluding hydrogens is 402 g/mol. The minimum Gasteiger partial charge on any atom is -0.494 e. The number of carbonyl (C=O) groups is 2. The molecule has 30 heavy (non-hydrogen) atoms. The van der Waals surface area contributed by atoms with Gasteiger partial charge < -0.3 is 14.7 Å². The Labute approximate surface area is 179 Å². The lowest BCUT2D eigenvalue weighted by Crippen LogP contribution is -2.39. The molecule has 1 aromatic carbocycles. The molecule has 0 saturated heterocycles. The molecule has 8 heteroatoms. The van der Waals surface area contributed by atoms with Gasteiger partial charge in [0.25, 0.3) is 5.91 Å². The minimum absolute atomic E-state index is 0.0751. The summed E-state index contributed by atoms with van der Waals surface area (Å²) in [6, 6.07) is 7.68. The zero-order valence-electron chi connectivity index (χ0n) is 16.7. The molecule has 2 aromatic rings. The number of benzene rings is 1. The van der Waals surface area contributed by atoms with Crippen LogP contribution in [0.2, 0.25) is 0 Å². The highest BCUT2D eigenvalue weighted by Gasteiger charge is 2.30. The van der Waals surface area contributed by atoms with E-state index >= 15 is 0 Å². The quantitative estimate of drug-likeness (QED) is 0.392.